The maximum absolute atomic E-state index is 5.92. The lowest BCUT2D eigenvalue weighted by Crippen LogP contribution is -2.03. The van der Waals surface area contributed by atoms with Crippen molar-refractivity contribution in [2.45, 2.75) is 55.4 Å². The molecule has 142 valence electrons. The smallest absolute Gasteiger partial charge is 0.144 e. The number of hydrogen-bond donors (Lipinski definition) is 1. The van der Waals surface area contributed by atoms with Gasteiger partial charge in [-0.3, -0.25) is 8.80 Å². The van der Waals surface area contributed by atoms with Gasteiger partial charge in [-0.05, 0) is 55.4 Å². The van der Waals surface area contributed by atoms with Crippen molar-refractivity contribution in [1.29, 1.82) is 0 Å². The molecular weight excluding hydrogens is 338 g/mol. The van der Waals surface area contributed by atoms with Crippen LogP contribution in [-0.4, -0.2) is 28.7 Å². The zero-order valence-electron chi connectivity index (χ0n) is 17.3. The minimum absolute atomic E-state index is 0.688. The van der Waals surface area contributed by atoms with Crippen LogP contribution >= 0.6 is 0 Å². The van der Waals surface area contributed by atoms with Crippen LogP contribution in [0.15, 0.2) is 6.20 Å². The van der Waals surface area contributed by atoms with E-state index in [0.29, 0.717) is 5.82 Å². The normalized spacial score (nSPS) is 11.1. The first-order valence-corrected chi connectivity index (χ1v) is 8.99. The van der Waals surface area contributed by atoms with Gasteiger partial charge in [-0.15, -0.1) is 0 Å². The van der Waals surface area contributed by atoms with Crippen LogP contribution in [0.5, 0.6) is 0 Å². The second-order valence-corrected chi connectivity index (χ2v) is 7.06. The van der Waals surface area contributed by atoms with E-state index in [1.165, 1.54) is 5.56 Å². The van der Waals surface area contributed by atoms with Crippen molar-refractivity contribution in [2.75, 3.05) is 5.73 Å². The van der Waals surface area contributed by atoms with Crippen LogP contribution in [0.2, 0.25) is 0 Å². The molecule has 2 N–H and O–H groups in total. The van der Waals surface area contributed by atoms with Crippen LogP contribution in [0.1, 0.15) is 45.6 Å². The monoisotopic (exact) mass is 365 g/mol. The number of aromatic nitrogens is 6. The van der Waals surface area contributed by atoms with Gasteiger partial charge in [0.1, 0.15) is 28.8 Å². The minimum Gasteiger partial charge on any atom is -0.383 e. The number of imidazole rings is 2. The SMILES string of the molecule is Cc1cn2c(C)nc(C)c(C)c2n1.Cc1nc(C)n2c(N)c(C)nc2c1C. The lowest BCUT2D eigenvalue weighted by atomic mass is 10.2. The Morgan fingerprint density at radius 1 is 0.667 bits per heavy atom. The Kier molecular flexibility index (Phi) is 4.63. The summed E-state index contributed by atoms with van der Waals surface area (Å²) in [5.41, 5.74) is 14.1. The summed E-state index contributed by atoms with van der Waals surface area (Å²) in [5.74, 6) is 2.58. The number of aryl methyl sites for hydroxylation is 8. The van der Waals surface area contributed by atoms with Crippen molar-refractivity contribution in [3.05, 3.63) is 51.7 Å². The Hall–Kier alpha value is -2.96. The number of nitrogen functional groups attached to an aromatic ring is 1. The van der Waals surface area contributed by atoms with Gasteiger partial charge in [-0.1, -0.05) is 0 Å². The summed E-state index contributed by atoms with van der Waals surface area (Å²) in [6.07, 6.45) is 2.02. The van der Waals surface area contributed by atoms with E-state index in [1.54, 1.807) is 0 Å². The summed E-state index contributed by atoms with van der Waals surface area (Å²) in [6.45, 7) is 15.9. The second kappa shape index (κ2) is 6.64. The number of anilines is 1. The molecule has 0 amide bonds. The summed E-state index contributed by atoms with van der Waals surface area (Å²) in [4.78, 5) is 17.7. The fourth-order valence-corrected chi connectivity index (χ4v) is 3.21. The molecule has 0 aliphatic rings. The molecule has 0 radical (unpaired) electrons. The van der Waals surface area contributed by atoms with Crippen molar-refractivity contribution < 1.29 is 0 Å². The van der Waals surface area contributed by atoms with Crippen LogP contribution in [0.4, 0.5) is 5.82 Å². The molecule has 0 bridgehead atoms. The van der Waals surface area contributed by atoms with E-state index in [1.807, 2.05) is 63.5 Å². The lowest BCUT2D eigenvalue weighted by molar-refractivity contribution is 0.943. The molecule has 0 atom stereocenters. The molecule has 0 aromatic carbocycles. The first-order valence-electron chi connectivity index (χ1n) is 8.99. The highest BCUT2D eigenvalue weighted by Gasteiger charge is 2.12. The highest BCUT2D eigenvalue weighted by atomic mass is 15.1. The van der Waals surface area contributed by atoms with E-state index in [-0.39, 0.29) is 0 Å². The lowest BCUT2D eigenvalue weighted by Gasteiger charge is -2.06. The third-order valence-electron chi connectivity index (χ3n) is 5.01. The van der Waals surface area contributed by atoms with Crippen molar-refractivity contribution in [1.82, 2.24) is 28.7 Å². The Labute approximate surface area is 159 Å². The maximum Gasteiger partial charge on any atom is 0.144 e. The van der Waals surface area contributed by atoms with Gasteiger partial charge in [-0.25, -0.2) is 19.9 Å². The second-order valence-electron chi connectivity index (χ2n) is 7.06. The van der Waals surface area contributed by atoms with Gasteiger partial charge in [0, 0.05) is 28.7 Å². The molecule has 0 saturated carbocycles. The van der Waals surface area contributed by atoms with Crippen LogP contribution < -0.4 is 5.73 Å². The largest absolute Gasteiger partial charge is 0.383 e. The van der Waals surface area contributed by atoms with Crippen LogP contribution in [0.25, 0.3) is 11.3 Å². The molecule has 7 nitrogen and oxygen atoms in total. The Morgan fingerprint density at radius 2 is 1.22 bits per heavy atom. The predicted molar refractivity (Wildman–Crippen MR) is 108 cm³/mol. The molecule has 4 rings (SSSR count). The van der Waals surface area contributed by atoms with Gasteiger partial charge in [0.05, 0.1) is 11.4 Å². The third-order valence-corrected chi connectivity index (χ3v) is 5.01. The van der Waals surface area contributed by atoms with Crippen molar-refractivity contribution >= 4 is 17.1 Å². The molecule has 4 aromatic heterocycles. The summed E-state index contributed by atoms with van der Waals surface area (Å²) >= 11 is 0. The van der Waals surface area contributed by atoms with Gasteiger partial charge in [0.15, 0.2) is 0 Å². The zero-order chi connectivity index (χ0) is 20.0. The first kappa shape index (κ1) is 18.8. The Bertz CT molecular complexity index is 1160. The van der Waals surface area contributed by atoms with E-state index in [2.05, 4.69) is 26.9 Å². The van der Waals surface area contributed by atoms with E-state index in [9.17, 15) is 0 Å². The highest BCUT2D eigenvalue weighted by Crippen LogP contribution is 2.20. The van der Waals surface area contributed by atoms with Gasteiger partial charge in [-0.2, -0.15) is 0 Å². The Balaban J connectivity index is 0.000000156. The summed E-state index contributed by atoms with van der Waals surface area (Å²) in [7, 11) is 0. The molecule has 0 saturated heterocycles. The molecule has 7 heteroatoms. The molecule has 0 aliphatic heterocycles. The summed E-state index contributed by atoms with van der Waals surface area (Å²) in [5, 5.41) is 0. The molecule has 4 heterocycles. The minimum atomic E-state index is 0.688. The highest BCUT2D eigenvalue weighted by molar-refractivity contribution is 5.58. The van der Waals surface area contributed by atoms with E-state index >= 15 is 0 Å². The van der Waals surface area contributed by atoms with Crippen LogP contribution in [0, 0.1) is 55.4 Å². The van der Waals surface area contributed by atoms with Crippen molar-refractivity contribution in [3.8, 4) is 0 Å². The average Bonchev–Trinajstić information content (AvgIpc) is 3.13. The van der Waals surface area contributed by atoms with E-state index < -0.39 is 0 Å². The van der Waals surface area contributed by atoms with Gasteiger partial charge in [0.25, 0.3) is 0 Å². The van der Waals surface area contributed by atoms with E-state index in [0.717, 1.165) is 51.3 Å². The number of fused-ring (bicyclic) bond motifs is 2. The van der Waals surface area contributed by atoms with E-state index in [4.69, 9.17) is 5.73 Å². The standard InChI is InChI=1S/C10H14N4.C10H13N3/c1-5-6(2)12-8(4)14-9(11)7(3)13-10(5)14;1-6-5-13-9(4)12-8(3)7(2)10(13)11-6/h11H2,1-4H3;5H,1-4H3. The molecular formula is C20H27N7. The number of hydrogen-bond acceptors (Lipinski definition) is 5. The maximum atomic E-state index is 5.92. The number of nitrogens with zero attached hydrogens (tertiary/aromatic N) is 6. The van der Waals surface area contributed by atoms with Gasteiger partial charge < -0.3 is 5.73 Å². The zero-order valence-corrected chi connectivity index (χ0v) is 17.3. The molecule has 4 aromatic rings. The topological polar surface area (TPSA) is 86.4 Å². The molecule has 0 aliphatic carbocycles. The van der Waals surface area contributed by atoms with Gasteiger partial charge >= 0.3 is 0 Å². The first-order chi connectivity index (χ1) is 12.6. The number of rotatable bonds is 0. The summed E-state index contributed by atoms with van der Waals surface area (Å²) in [6, 6.07) is 0. The molecule has 0 spiro atoms. The van der Waals surface area contributed by atoms with Crippen LogP contribution in [0.3, 0.4) is 0 Å². The number of nitrogens with two attached hydrogens (primary N) is 1. The summed E-state index contributed by atoms with van der Waals surface area (Å²) < 4.78 is 3.94. The van der Waals surface area contributed by atoms with Gasteiger partial charge in [0.2, 0.25) is 0 Å². The average molecular weight is 365 g/mol. The molecule has 27 heavy (non-hydrogen) atoms. The Morgan fingerprint density at radius 3 is 1.85 bits per heavy atom. The third kappa shape index (κ3) is 3.13. The molecule has 0 unspecified atom stereocenters. The van der Waals surface area contributed by atoms with Crippen molar-refractivity contribution in [2.24, 2.45) is 0 Å². The van der Waals surface area contributed by atoms with Crippen molar-refractivity contribution in [3.63, 3.8) is 0 Å². The quantitative estimate of drug-likeness (QED) is 0.515. The van der Waals surface area contributed by atoms with Crippen LogP contribution in [-0.2, 0) is 0 Å². The molecule has 0 fully saturated rings. The fourth-order valence-electron chi connectivity index (χ4n) is 3.21. The fraction of sp³-hybridized carbons (Fsp3) is 0.400. The predicted octanol–water partition coefficient (Wildman–Crippen LogP) is 3.51.